The van der Waals surface area contributed by atoms with Crippen molar-refractivity contribution in [3.63, 3.8) is 0 Å². The molecule has 168 valence electrons. The maximum atomic E-state index is 12.9. The number of pyridine rings is 1. The van der Waals surface area contributed by atoms with Crippen LogP contribution in [0.25, 0.3) is 11.5 Å². The molecule has 2 aromatic heterocycles. The summed E-state index contributed by atoms with van der Waals surface area (Å²) in [5, 5.41) is 10.8. The van der Waals surface area contributed by atoms with Crippen LogP contribution in [0.5, 0.6) is 11.5 Å². The number of nitrogens with zero attached hydrogens (tertiary/aromatic N) is 3. The summed E-state index contributed by atoms with van der Waals surface area (Å²) in [5.74, 6) is -0.0655. The third-order valence-electron chi connectivity index (χ3n) is 4.38. The molecule has 1 amide bonds. The number of hydrogen-bond donors (Lipinski definition) is 1. The molecule has 0 aliphatic carbocycles. The lowest BCUT2D eigenvalue weighted by Gasteiger charge is -2.14. The standard InChI is InChI=1S/C22H24N4O6/c1-6-30-22(28)31-18-16(29-5)7-8-23-17(18)19(27)24-14(4)20-25-26-21(32-20)15-10-12(2)9-13(3)11-15/h7-11,14H,6H2,1-5H3,(H,24,27)/t14-/m0/s1. The van der Waals surface area contributed by atoms with E-state index in [1.807, 2.05) is 32.0 Å². The molecule has 1 atom stereocenters. The molecular weight excluding hydrogens is 416 g/mol. The van der Waals surface area contributed by atoms with Gasteiger partial charge < -0.3 is 23.9 Å². The molecule has 0 saturated heterocycles. The molecule has 1 aromatic carbocycles. The first kappa shape index (κ1) is 22.7. The number of aromatic nitrogens is 3. The lowest BCUT2D eigenvalue weighted by atomic mass is 10.1. The third kappa shape index (κ3) is 5.20. The molecule has 2 heterocycles. The molecule has 0 aliphatic heterocycles. The molecule has 10 nitrogen and oxygen atoms in total. The van der Waals surface area contributed by atoms with E-state index in [4.69, 9.17) is 18.6 Å². The Balaban J connectivity index is 1.80. The Morgan fingerprint density at radius 2 is 1.88 bits per heavy atom. The van der Waals surface area contributed by atoms with Gasteiger partial charge >= 0.3 is 6.16 Å². The highest BCUT2D eigenvalue weighted by Gasteiger charge is 2.25. The summed E-state index contributed by atoms with van der Waals surface area (Å²) >= 11 is 0. The van der Waals surface area contributed by atoms with Gasteiger partial charge in [-0.3, -0.25) is 4.79 Å². The number of hydrogen-bond acceptors (Lipinski definition) is 9. The smallest absolute Gasteiger partial charge is 0.493 e. The Hall–Kier alpha value is -3.95. The minimum atomic E-state index is -0.976. The quantitative estimate of drug-likeness (QED) is 0.546. The zero-order valence-corrected chi connectivity index (χ0v) is 18.5. The van der Waals surface area contributed by atoms with Crippen LogP contribution in [0.2, 0.25) is 0 Å². The van der Waals surface area contributed by atoms with Gasteiger partial charge in [0.2, 0.25) is 17.5 Å². The minimum absolute atomic E-state index is 0.111. The van der Waals surface area contributed by atoms with E-state index in [-0.39, 0.29) is 29.7 Å². The molecule has 0 spiro atoms. The molecular formula is C22H24N4O6. The van der Waals surface area contributed by atoms with Crippen molar-refractivity contribution in [1.82, 2.24) is 20.5 Å². The van der Waals surface area contributed by atoms with E-state index >= 15 is 0 Å². The molecule has 1 N–H and O–H groups in total. The predicted molar refractivity (Wildman–Crippen MR) is 114 cm³/mol. The van der Waals surface area contributed by atoms with E-state index in [0.717, 1.165) is 16.7 Å². The first-order valence-electron chi connectivity index (χ1n) is 9.92. The fourth-order valence-electron chi connectivity index (χ4n) is 3.03. The summed E-state index contributed by atoms with van der Waals surface area (Å²) in [6.07, 6.45) is 0.386. The van der Waals surface area contributed by atoms with Gasteiger partial charge in [-0.05, 0) is 39.8 Å². The second-order valence-corrected chi connectivity index (χ2v) is 6.99. The Morgan fingerprint density at radius 3 is 2.53 bits per heavy atom. The molecule has 0 unspecified atom stereocenters. The number of rotatable bonds is 7. The molecule has 0 radical (unpaired) electrons. The van der Waals surface area contributed by atoms with Gasteiger partial charge in [0.05, 0.1) is 13.7 Å². The lowest BCUT2D eigenvalue weighted by molar-refractivity contribution is 0.0911. The van der Waals surface area contributed by atoms with Crippen molar-refractivity contribution in [3.8, 4) is 23.0 Å². The first-order valence-corrected chi connectivity index (χ1v) is 9.92. The maximum absolute atomic E-state index is 12.9. The van der Waals surface area contributed by atoms with Crippen molar-refractivity contribution < 1.29 is 28.2 Å². The van der Waals surface area contributed by atoms with E-state index in [0.29, 0.717) is 5.89 Å². The van der Waals surface area contributed by atoms with Crippen molar-refractivity contribution in [3.05, 3.63) is 53.2 Å². The van der Waals surface area contributed by atoms with Gasteiger partial charge in [-0.2, -0.15) is 0 Å². The van der Waals surface area contributed by atoms with E-state index < -0.39 is 18.1 Å². The molecule has 10 heteroatoms. The van der Waals surface area contributed by atoms with Gasteiger partial charge in [-0.1, -0.05) is 17.2 Å². The van der Waals surface area contributed by atoms with Crippen LogP contribution in [0, 0.1) is 13.8 Å². The highest BCUT2D eigenvalue weighted by Crippen LogP contribution is 2.30. The number of nitrogens with one attached hydrogen (secondary N) is 1. The second-order valence-electron chi connectivity index (χ2n) is 6.99. The number of ether oxygens (including phenoxy) is 3. The first-order chi connectivity index (χ1) is 15.3. The van der Waals surface area contributed by atoms with Crippen LogP contribution in [-0.4, -0.2) is 41.0 Å². The van der Waals surface area contributed by atoms with E-state index in [2.05, 4.69) is 20.5 Å². The zero-order valence-electron chi connectivity index (χ0n) is 18.5. The number of carbonyl (C=O) groups is 2. The number of benzene rings is 1. The zero-order chi connectivity index (χ0) is 23.3. The van der Waals surface area contributed by atoms with Crippen molar-refractivity contribution in [2.45, 2.75) is 33.7 Å². The lowest BCUT2D eigenvalue weighted by Crippen LogP contribution is -2.28. The Bertz CT molecular complexity index is 1110. The molecule has 32 heavy (non-hydrogen) atoms. The summed E-state index contributed by atoms with van der Waals surface area (Å²) < 4.78 is 20.9. The van der Waals surface area contributed by atoms with Crippen LogP contribution in [0.1, 0.15) is 47.4 Å². The van der Waals surface area contributed by atoms with Gasteiger partial charge in [0.1, 0.15) is 6.04 Å². The van der Waals surface area contributed by atoms with Gasteiger partial charge in [0.15, 0.2) is 11.4 Å². The van der Waals surface area contributed by atoms with Crippen LogP contribution in [-0.2, 0) is 4.74 Å². The Kier molecular flexibility index (Phi) is 7.04. The fraction of sp³-hybridized carbons (Fsp3) is 0.318. The molecule has 0 aliphatic rings. The predicted octanol–water partition coefficient (Wildman–Crippen LogP) is 3.78. The Morgan fingerprint density at radius 1 is 1.16 bits per heavy atom. The largest absolute Gasteiger partial charge is 0.514 e. The van der Waals surface area contributed by atoms with Gasteiger partial charge in [-0.25, -0.2) is 9.78 Å². The molecule has 0 saturated carbocycles. The SMILES string of the molecule is CCOC(=O)Oc1c(OC)ccnc1C(=O)N[C@@H](C)c1nnc(-c2cc(C)cc(C)c2)o1. The van der Waals surface area contributed by atoms with Crippen molar-refractivity contribution in [1.29, 1.82) is 0 Å². The number of carbonyl (C=O) groups excluding carboxylic acids is 2. The Labute approximate surface area is 184 Å². The summed E-state index contributed by atoms with van der Waals surface area (Å²) in [6, 6.07) is 6.74. The minimum Gasteiger partial charge on any atom is -0.493 e. The van der Waals surface area contributed by atoms with Crippen molar-refractivity contribution in [2.24, 2.45) is 0 Å². The fourth-order valence-corrected chi connectivity index (χ4v) is 3.03. The third-order valence-corrected chi connectivity index (χ3v) is 4.38. The maximum Gasteiger partial charge on any atom is 0.514 e. The van der Waals surface area contributed by atoms with Crippen molar-refractivity contribution >= 4 is 12.1 Å². The van der Waals surface area contributed by atoms with E-state index in [9.17, 15) is 9.59 Å². The van der Waals surface area contributed by atoms with E-state index in [1.54, 1.807) is 13.8 Å². The average Bonchev–Trinajstić information content (AvgIpc) is 3.24. The normalized spacial score (nSPS) is 11.5. The van der Waals surface area contributed by atoms with Crippen LogP contribution in [0.15, 0.2) is 34.9 Å². The van der Waals surface area contributed by atoms with Crippen LogP contribution >= 0.6 is 0 Å². The van der Waals surface area contributed by atoms with Crippen molar-refractivity contribution in [2.75, 3.05) is 13.7 Å². The van der Waals surface area contributed by atoms with Gasteiger partial charge in [-0.15, -0.1) is 10.2 Å². The topological polar surface area (TPSA) is 126 Å². The number of aryl methyl sites for hydroxylation is 2. The second kappa shape index (κ2) is 9.90. The summed E-state index contributed by atoms with van der Waals surface area (Å²) in [4.78, 5) is 28.7. The monoisotopic (exact) mass is 440 g/mol. The van der Waals surface area contributed by atoms with Crippen LogP contribution in [0.4, 0.5) is 4.79 Å². The highest BCUT2D eigenvalue weighted by atomic mass is 16.7. The molecule has 0 fully saturated rings. The summed E-state index contributed by atoms with van der Waals surface area (Å²) in [5.41, 5.74) is 2.77. The summed E-state index contributed by atoms with van der Waals surface area (Å²) in [6.45, 7) is 7.39. The van der Waals surface area contributed by atoms with Gasteiger partial charge in [0, 0.05) is 17.8 Å². The number of amides is 1. The highest BCUT2D eigenvalue weighted by molar-refractivity contribution is 5.96. The molecule has 3 rings (SSSR count). The van der Waals surface area contributed by atoms with Crippen LogP contribution < -0.4 is 14.8 Å². The number of methoxy groups -OCH3 is 1. The van der Waals surface area contributed by atoms with Gasteiger partial charge in [0.25, 0.3) is 5.91 Å². The summed E-state index contributed by atoms with van der Waals surface area (Å²) in [7, 11) is 1.38. The molecule has 3 aromatic rings. The van der Waals surface area contributed by atoms with E-state index in [1.165, 1.54) is 19.4 Å². The molecule has 0 bridgehead atoms. The van der Waals surface area contributed by atoms with Crippen LogP contribution in [0.3, 0.4) is 0 Å². The average molecular weight is 440 g/mol.